The first-order valence-corrected chi connectivity index (χ1v) is 6.04. The standard InChI is InChI=1S/C12H12Cl2O4/c1-2-18-12(17)9(11(15)16)5-7-3-4-8(13)6-10(7)14/h3-4,6,9H,2,5H2,1H3,(H,15,16). The van der Waals surface area contributed by atoms with Gasteiger partial charge in [0.05, 0.1) is 6.61 Å². The monoisotopic (exact) mass is 290 g/mol. The molecule has 0 radical (unpaired) electrons. The van der Waals surface area contributed by atoms with Crippen molar-refractivity contribution in [3.63, 3.8) is 0 Å². The van der Waals surface area contributed by atoms with E-state index in [-0.39, 0.29) is 13.0 Å². The number of carboxylic acids is 1. The predicted molar refractivity (Wildman–Crippen MR) is 67.9 cm³/mol. The minimum Gasteiger partial charge on any atom is -0.481 e. The molecule has 1 aromatic rings. The lowest BCUT2D eigenvalue weighted by Gasteiger charge is -2.12. The summed E-state index contributed by atoms with van der Waals surface area (Å²) in [5, 5.41) is 9.79. The van der Waals surface area contributed by atoms with Crippen LogP contribution in [-0.2, 0) is 20.7 Å². The number of ether oxygens (including phenoxy) is 1. The Morgan fingerprint density at radius 1 is 1.39 bits per heavy atom. The van der Waals surface area contributed by atoms with Gasteiger partial charge in [0.25, 0.3) is 0 Å². The number of carbonyl (C=O) groups excluding carboxylic acids is 1. The lowest BCUT2D eigenvalue weighted by atomic mass is 9.99. The van der Waals surface area contributed by atoms with E-state index in [4.69, 9.17) is 33.0 Å². The molecule has 6 heteroatoms. The van der Waals surface area contributed by atoms with E-state index in [1.165, 1.54) is 6.07 Å². The highest BCUT2D eigenvalue weighted by Crippen LogP contribution is 2.24. The second-order valence-electron chi connectivity index (χ2n) is 3.58. The Labute approximate surface area is 114 Å². The molecule has 0 saturated heterocycles. The molecule has 0 spiro atoms. The van der Waals surface area contributed by atoms with Crippen LogP contribution < -0.4 is 0 Å². The van der Waals surface area contributed by atoms with Crippen LogP contribution in [0.5, 0.6) is 0 Å². The molecule has 1 aromatic carbocycles. The molecule has 0 saturated carbocycles. The third-order valence-corrected chi connectivity index (χ3v) is 2.90. The van der Waals surface area contributed by atoms with E-state index in [9.17, 15) is 9.59 Å². The van der Waals surface area contributed by atoms with Gasteiger partial charge in [0.15, 0.2) is 5.92 Å². The van der Waals surface area contributed by atoms with Crippen molar-refractivity contribution in [1.29, 1.82) is 0 Å². The van der Waals surface area contributed by atoms with Gasteiger partial charge in [-0.05, 0) is 31.0 Å². The highest BCUT2D eigenvalue weighted by molar-refractivity contribution is 6.35. The highest BCUT2D eigenvalue weighted by Gasteiger charge is 2.28. The van der Waals surface area contributed by atoms with Crippen LogP contribution in [-0.4, -0.2) is 23.7 Å². The van der Waals surface area contributed by atoms with Crippen molar-refractivity contribution in [2.75, 3.05) is 6.61 Å². The van der Waals surface area contributed by atoms with E-state index < -0.39 is 17.9 Å². The number of carbonyl (C=O) groups is 2. The fourth-order valence-corrected chi connectivity index (χ4v) is 1.91. The molecule has 0 aliphatic carbocycles. The molecule has 1 rings (SSSR count). The average molecular weight is 291 g/mol. The van der Waals surface area contributed by atoms with Crippen LogP contribution in [0.25, 0.3) is 0 Å². The molecular weight excluding hydrogens is 279 g/mol. The van der Waals surface area contributed by atoms with Crippen molar-refractivity contribution in [2.24, 2.45) is 5.92 Å². The zero-order chi connectivity index (χ0) is 13.7. The Balaban J connectivity index is 2.90. The summed E-state index contributed by atoms with van der Waals surface area (Å²) in [7, 11) is 0. The summed E-state index contributed by atoms with van der Waals surface area (Å²) in [5.74, 6) is -3.26. The molecular formula is C12H12Cl2O4. The molecule has 0 bridgehead atoms. The highest BCUT2D eigenvalue weighted by atomic mass is 35.5. The third kappa shape index (κ3) is 3.89. The van der Waals surface area contributed by atoms with Crippen molar-refractivity contribution < 1.29 is 19.4 Å². The summed E-state index contributed by atoms with van der Waals surface area (Å²) in [6.07, 6.45) is -0.0236. The SMILES string of the molecule is CCOC(=O)C(Cc1ccc(Cl)cc1Cl)C(=O)O. The van der Waals surface area contributed by atoms with Crippen LogP contribution in [0.2, 0.25) is 10.0 Å². The molecule has 0 heterocycles. The van der Waals surface area contributed by atoms with Gasteiger partial charge in [-0.3, -0.25) is 9.59 Å². The molecule has 1 unspecified atom stereocenters. The first kappa shape index (κ1) is 14.8. The van der Waals surface area contributed by atoms with Gasteiger partial charge in [0, 0.05) is 10.0 Å². The summed E-state index contributed by atoms with van der Waals surface area (Å²) >= 11 is 11.7. The van der Waals surface area contributed by atoms with Crippen LogP contribution in [0.15, 0.2) is 18.2 Å². The molecule has 4 nitrogen and oxygen atoms in total. The molecule has 0 aromatic heterocycles. The van der Waals surface area contributed by atoms with Gasteiger partial charge >= 0.3 is 11.9 Å². The number of esters is 1. The Morgan fingerprint density at radius 3 is 2.56 bits per heavy atom. The maximum absolute atomic E-state index is 11.5. The molecule has 1 N–H and O–H groups in total. The number of carboxylic acid groups (broad SMARTS) is 1. The number of hydrogen-bond donors (Lipinski definition) is 1. The van der Waals surface area contributed by atoms with Gasteiger partial charge in [0.2, 0.25) is 0 Å². The lowest BCUT2D eigenvalue weighted by Crippen LogP contribution is -2.28. The quantitative estimate of drug-likeness (QED) is 0.669. The zero-order valence-corrected chi connectivity index (χ0v) is 11.2. The van der Waals surface area contributed by atoms with Crippen molar-refractivity contribution in [2.45, 2.75) is 13.3 Å². The summed E-state index contributed by atoms with van der Waals surface area (Å²) in [6.45, 7) is 1.75. The van der Waals surface area contributed by atoms with E-state index in [1.54, 1.807) is 19.1 Å². The minimum absolute atomic E-state index is 0.0236. The molecule has 1 atom stereocenters. The van der Waals surface area contributed by atoms with Crippen LogP contribution in [0.4, 0.5) is 0 Å². The Morgan fingerprint density at radius 2 is 2.06 bits per heavy atom. The Kier molecular flexibility index (Phi) is 5.44. The molecule has 0 aliphatic heterocycles. The van der Waals surface area contributed by atoms with Crippen molar-refractivity contribution in [1.82, 2.24) is 0 Å². The van der Waals surface area contributed by atoms with Gasteiger partial charge in [-0.25, -0.2) is 0 Å². The van der Waals surface area contributed by atoms with E-state index in [2.05, 4.69) is 0 Å². The first-order valence-electron chi connectivity index (χ1n) is 5.29. The zero-order valence-electron chi connectivity index (χ0n) is 9.65. The smallest absolute Gasteiger partial charge is 0.320 e. The lowest BCUT2D eigenvalue weighted by molar-refractivity contribution is -0.158. The van der Waals surface area contributed by atoms with Crippen LogP contribution in [0, 0.1) is 5.92 Å². The second-order valence-corrected chi connectivity index (χ2v) is 4.43. The van der Waals surface area contributed by atoms with Crippen molar-refractivity contribution in [3.05, 3.63) is 33.8 Å². The first-order chi connectivity index (χ1) is 8.45. The van der Waals surface area contributed by atoms with Gasteiger partial charge in [0.1, 0.15) is 0 Å². The normalized spacial score (nSPS) is 11.9. The summed E-state index contributed by atoms with van der Waals surface area (Å²) < 4.78 is 4.71. The van der Waals surface area contributed by atoms with Crippen LogP contribution in [0.3, 0.4) is 0 Å². The summed E-state index contributed by atoms with van der Waals surface area (Å²) in [4.78, 5) is 22.5. The van der Waals surface area contributed by atoms with E-state index >= 15 is 0 Å². The van der Waals surface area contributed by atoms with Crippen molar-refractivity contribution in [3.8, 4) is 0 Å². The average Bonchev–Trinajstić information content (AvgIpc) is 2.27. The molecule has 0 amide bonds. The largest absolute Gasteiger partial charge is 0.481 e. The van der Waals surface area contributed by atoms with Gasteiger partial charge < -0.3 is 9.84 Å². The molecule has 0 fully saturated rings. The number of halogens is 2. The molecule has 98 valence electrons. The van der Waals surface area contributed by atoms with Gasteiger partial charge in [-0.2, -0.15) is 0 Å². The van der Waals surface area contributed by atoms with Crippen LogP contribution >= 0.6 is 23.2 Å². The topological polar surface area (TPSA) is 63.6 Å². The molecule has 18 heavy (non-hydrogen) atoms. The number of benzene rings is 1. The van der Waals surface area contributed by atoms with Crippen molar-refractivity contribution >= 4 is 35.1 Å². The maximum Gasteiger partial charge on any atom is 0.320 e. The van der Waals surface area contributed by atoms with E-state index in [1.807, 2.05) is 0 Å². The summed E-state index contributed by atoms with van der Waals surface area (Å²) in [5.41, 5.74) is 0.543. The Bertz CT molecular complexity index is 459. The minimum atomic E-state index is -1.26. The predicted octanol–water partition coefficient (Wildman–Crippen LogP) is 2.80. The fraction of sp³-hybridized carbons (Fsp3) is 0.333. The van der Waals surface area contributed by atoms with E-state index in [0.717, 1.165) is 0 Å². The number of hydrogen-bond acceptors (Lipinski definition) is 3. The third-order valence-electron chi connectivity index (χ3n) is 2.31. The Hall–Kier alpha value is -1.26. The number of aliphatic carboxylic acids is 1. The second kappa shape index (κ2) is 6.61. The van der Waals surface area contributed by atoms with E-state index in [0.29, 0.717) is 15.6 Å². The molecule has 0 aliphatic rings. The van der Waals surface area contributed by atoms with Gasteiger partial charge in [-0.15, -0.1) is 0 Å². The fourth-order valence-electron chi connectivity index (χ4n) is 1.42. The number of rotatable bonds is 5. The van der Waals surface area contributed by atoms with Gasteiger partial charge in [-0.1, -0.05) is 29.3 Å². The van der Waals surface area contributed by atoms with Crippen LogP contribution in [0.1, 0.15) is 12.5 Å². The maximum atomic E-state index is 11.5. The summed E-state index contributed by atoms with van der Waals surface area (Å²) in [6, 6.07) is 4.69.